The Hall–Kier alpha value is -3.44. The summed E-state index contributed by atoms with van der Waals surface area (Å²) in [5.41, 5.74) is 2.36. The minimum absolute atomic E-state index is 0.0803. The van der Waals surface area contributed by atoms with Crippen LogP contribution in [0.4, 0.5) is 0 Å². The number of aliphatic hydroxyl groups is 1. The first kappa shape index (κ1) is 18.9. The third-order valence-electron chi connectivity index (χ3n) is 4.72. The van der Waals surface area contributed by atoms with Gasteiger partial charge in [-0.15, -0.1) is 0 Å². The fraction of sp³-hybridized carbons (Fsp3) is 0.167. The molecule has 0 fully saturated rings. The molecular formula is C24H22N2O3. The topological polar surface area (TPSA) is 64.3 Å². The smallest absolute Gasteiger partial charge is 0.261 e. The Labute approximate surface area is 168 Å². The molecule has 0 spiro atoms. The molecule has 0 saturated carbocycles. The van der Waals surface area contributed by atoms with E-state index in [2.05, 4.69) is 0 Å². The molecule has 5 heteroatoms. The van der Waals surface area contributed by atoms with Crippen molar-refractivity contribution in [3.8, 4) is 17.1 Å². The Morgan fingerprint density at radius 1 is 1.00 bits per heavy atom. The lowest BCUT2D eigenvalue weighted by Gasteiger charge is -2.18. The number of ether oxygens (including phenoxy) is 1. The van der Waals surface area contributed by atoms with Gasteiger partial charge in [0.15, 0.2) is 0 Å². The summed E-state index contributed by atoms with van der Waals surface area (Å²) < 4.78 is 7.24. The van der Waals surface area contributed by atoms with Gasteiger partial charge in [0.1, 0.15) is 24.3 Å². The van der Waals surface area contributed by atoms with E-state index in [0.29, 0.717) is 22.5 Å². The number of nitrogens with zero attached hydrogens (tertiary/aromatic N) is 2. The third kappa shape index (κ3) is 4.20. The number of rotatable bonds is 6. The van der Waals surface area contributed by atoms with Gasteiger partial charge in [-0.05, 0) is 36.8 Å². The maximum Gasteiger partial charge on any atom is 0.261 e. The van der Waals surface area contributed by atoms with Gasteiger partial charge < -0.3 is 9.84 Å². The molecule has 1 heterocycles. The highest BCUT2D eigenvalue weighted by atomic mass is 16.5. The molecule has 4 rings (SSSR count). The molecule has 3 aromatic carbocycles. The Bertz CT molecular complexity index is 1190. The van der Waals surface area contributed by atoms with Crippen molar-refractivity contribution in [1.29, 1.82) is 0 Å². The molecule has 146 valence electrons. The standard InChI is InChI=1S/C24H22N2O3/c1-17-8-7-11-20(14-17)29-16-19(27)15-26-23(18-9-3-2-4-10-18)25-22-13-6-5-12-21(22)24(26)28/h2-14,19,27H,15-16H2,1H3. The second-order valence-corrected chi connectivity index (χ2v) is 7.02. The summed E-state index contributed by atoms with van der Waals surface area (Å²) in [6, 6.07) is 24.4. The summed E-state index contributed by atoms with van der Waals surface area (Å²) in [7, 11) is 0. The van der Waals surface area contributed by atoms with Gasteiger partial charge in [0, 0.05) is 5.56 Å². The molecule has 4 aromatic rings. The zero-order valence-electron chi connectivity index (χ0n) is 16.2. The monoisotopic (exact) mass is 386 g/mol. The first-order valence-corrected chi connectivity index (χ1v) is 9.54. The number of hydrogen-bond acceptors (Lipinski definition) is 4. The number of aromatic nitrogens is 2. The van der Waals surface area contributed by atoms with Crippen molar-refractivity contribution in [2.75, 3.05) is 6.61 Å². The van der Waals surface area contributed by atoms with Crippen LogP contribution in [-0.2, 0) is 6.54 Å². The summed E-state index contributed by atoms with van der Waals surface area (Å²) in [5.74, 6) is 1.22. The summed E-state index contributed by atoms with van der Waals surface area (Å²) >= 11 is 0. The zero-order chi connectivity index (χ0) is 20.2. The van der Waals surface area contributed by atoms with E-state index in [1.165, 1.54) is 4.57 Å². The van der Waals surface area contributed by atoms with Crippen molar-refractivity contribution in [1.82, 2.24) is 9.55 Å². The summed E-state index contributed by atoms with van der Waals surface area (Å²) in [6.45, 7) is 2.15. The molecule has 0 aliphatic heterocycles. The van der Waals surface area contributed by atoms with Gasteiger partial charge >= 0.3 is 0 Å². The van der Waals surface area contributed by atoms with Gasteiger partial charge in [-0.1, -0.05) is 54.6 Å². The lowest BCUT2D eigenvalue weighted by atomic mass is 10.1. The van der Waals surface area contributed by atoms with Crippen LogP contribution in [0.15, 0.2) is 83.7 Å². The van der Waals surface area contributed by atoms with Crippen LogP contribution < -0.4 is 10.3 Å². The van der Waals surface area contributed by atoms with Gasteiger partial charge in [-0.2, -0.15) is 0 Å². The van der Waals surface area contributed by atoms with Gasteiger partial charge in [-0.25, -0.2) is 4.98 Å². The van der Waals surface area contributed by atoms with Crippen LogP contribution in [0.25, 0.3) is 22.3 Å². The number of benzene rings is 3. The normalized spacial score (nSPS) is 12.1. The molecule has 0 bridgehead atoms. The number of hydrogen-bond donors (Lipinski definition) is 1. The van der Waals surface area contributed by atoms with E-state index in [-0.39, 0.29) is 18.7 Å². The van der Waals surface area contributed by atoms with Crippen molar-refractivity contribution in [2.45, 2.75) is 19.6 Å². The van der Waals surface area contributed by atoms with E-state index in [0.717, 1.165) is 11.1 Å². The third-order valence-corrected chi connectivity index (χ3v) is 4.72. The number of fused-ring (bicyclic) bond motifs is 1. The number of aliphatic hydroxyl groups excluding tert-OH is 1. The fourth-order valence-electron chi connectivity index (χ4n) is 3.31. The predicted molar refractivity (Wildman–Crippen MR) is 114 cm³/mol. The van der Waals surface area contributed by atoms with E-state index in [1.807, 2.05) is 79.7 Å². The average molecular weight is 386 g/mol. The molecule has 1 unspecified atom stereocenters. The summed E-state index contributed by atoms with van der Waals surface area (Å²) in [6.07, 6.45) is -0.862. The fourth-order valence-corrected chi connectivity index (χ4v) is 3.31. The first-order valence-electron chi connectivity index (χ1n) is 9.54. The number of para-hydroxylation sites is 1. The quantitative estimate of drug-likeness (QED) is 0.547. The van der Waals surface area contributed by atoms with Crippen LogP contribution in [0, 0.1) is 6.92 Å². The molecule has 0 aliphatic carbocycles. The maximum absolute atomic E-state index is 13.1. The lowest BCUT2D eigenvalue weighted by molar-refractivity contribution is 0.0919. The maximum atomic E-state index is 13.1. The molecule has 29 heavy (non-hydrogen) atoms. The molecule has 0 saturated heterocycles. The van der Waals surface area contributed by atoms with Crippen LogP contribution in [-0.4, -0.2) is 27.4 Å². The highest BCUT2D eigenvalue weighted by Gasteiger charge is 2.16. The average Bonchev–Trinajstić information content (AvgIpc) is 2.75. The molecular weight excluding hydrogens is 364 g/mol. The van der Waals surface area contributed by atoms with E-state index in [1.54, 1.807) is 6.07 Å². The Kier molecular flexibility index (Phi) is 5.40. The van der Waals surface area contributed by atoms with Gasteiger partial charge in [0.05, 0.1) is 17.4 Å². The number of aryl methyl sites for hydroxylation is 1. The predicted octanol–water partition coefficient (Wildman–Crippen LogP) is 3.81. The van der Waals surface area contributed by atoms with Gasteiger partial charge in [0.25, 0.3) is 5.56 Å². The molecule has 1 aromatic heterocycles. The largest absolute Gasteiger partial charge is 0.491 e. The Balaban J connectivity index is 1.66. The molecule has 1 atom stereocenters. The van der Waals surface area contributed by atoms with Gasteiger partial charge in [-0.3, -0.25) is 9.36 Å². The minimum atomic E-state index is -0.862. The van der Waals surface area contributed by atoms with Crippen LogP contribution in [0.3, 0.4) is 0 Å². The Morgan fingerprint density at radius 3 is 2.55 bits per heavy atom. The van der Waals surface area contributed by atoms with Crippen molar-refractivity contribution in [3.05, 3.63) is 94.8 Å². The molecule has 0 radical (unpaired) electrons. The molecule has 1 N–H and O–H groups in total. The summed E-state index contributed by atoms with van der Waals surface area (Å²) in [5, 5.41) is 11.1. The van der Waals surface area contributed by atoms with E-state index in [4.69, 9.17) is 9.72 Å². The van der Waals surface area contributed by atoms with Crippen LogP contribution in [0.5, 0.6) is 5.75 Å². The van der Waals surface area contributed by atoms with E-state index in [9.17, 15) is 9.90 Å². The van der Waals surface area contributed by atoms with Crippen molar-refractivity contribution in [3.63, 3.8) is 0 Å². The van der Waals surface area contributed by atoms with Crippen LogP contribution in [0.1, 0.15) is 5.56 Å². The van der Waals surface area contributed by atoms with E-state index >= 15 is 0 Å². The van der Waals surface area contributed by atoms with Crippen molar-refractivity contribution >= 4 is 10.9 Å². The zero-order valence-corrected chi connectivity index (χ0v) is 16.2. The van der Waals surface area contributed by atoms with Crippen LogP contribution >= 0.6 is 0 Å². The van der Waals surface area contributed by atoms with E-state index < -0.39 is 6.10 Å². The van der Waals surface area contributed by atoms with Crippen LogP contribution in [0.2, 0.25) is 0 Å². The highest BCUT2D eigenvalue weighted by molar-refractivity contribution is 5.79. The highest BCUT2D eigenvalue weighted by Crippen LogP contribution is 2.19. The van der Waals surface area contributed by atoms with Crippen molar-refractivity contribution in [2.24, 2.45) is 0 Å². The second kappa shape index (κ2) is 8.29. The molecule has 0 aliphatic rings. The van der Waals surface area contributed by atoms with Gasteiger partial charge in [0.2, 0.25) is 0 Å². The SMILES string of the molecule is Cc1cccc(OCC(O)Cn2c(-c3ccccc3)nc3ccccc3c2=O)c1. The lowest BCUT2D eigenvalue weighted by Crippen LogP contribution is -2.32. The van der Waals surface area contributed by atoms with Crippen molar-refractivity contribution < 1.29 is 9.84 Å². The molecule has 0 amide bonds. The molecule has 5 nitrogen and oxygen atoms in total. The minimum Gasteiger partial charge on any atom is -0.491 e. The first-order chi connectivity index (χ1) is 14.1. The Morgan fingerprint density at radius 2 is 1.76 bits per heavy atom. The second-order valence-electron chi connectivity index (χ2n) is 7.02. The summed E-state index contributed by atoms with van der Waals surface area (Å²) in [4.78, 5) is 17.8.